The van der Waals surface area contributed by atoms with E-state index < -0.39 is 0 Å². The number of hydrogen-bond donors (Lipinski definition) is 1. The van der Waals surface area contributed by atoms with Gasteiger partial charge >= 0.3 is 0 Å². The monoisotopic (exact) mass is 286 g/mol. The van der Waals surface area contributed by atoms with Crippen LogP contribution in [0.3, 0.4) is 0 Å². The van der Waals surface area contributed by atoms with Crippen molar-refractivity contribution in [1.29, 1.82) is 0 Å². The van der Waals surface area contributed by atoms with Crippen LogP contribution in [-0.4, -0.2) is 22.1 Å². The lowest BCUT2D eigenvalue weighted by atomic mass is 10.1. The topological polar surface area (TPSA) is 33.1 Å². The normalized spacial score (nSPS) is 17.9. The number of nitrogens with zero attached hydrogens (tertiary/aromatic N) is 3. The zero-order valence-corrected chi connectivity index (χ0v) is 11.9. The van der Waals surface area contributed by atoms with Crippen molar-refractivity contribution in [3.63, 3.8) is 0 Å². The first kappa shape index (κ1) is 12.8. The SMILES string of the molecule is Fc1cccc(CNC2CC2)c1N1CCn2ccnc2C1. The quantitative estimate of drug-likeness (QED) is 0.936. The number of aromatic nitrogens is 2. The number of benzene rings is 1. The summed E-state index contributed by atoms with van der Waals surface area (Å²) in [5.74, 6) is 0.871. The Balaban J connectivity index is 1.61. The molecule has 0 atom stereocenters. The van der Waals surface area contributed by atoms with E-state index in [0.717, 1.165) is 36.7 Å². The molecule has 4 nitrogen and oxygen atoms in total. The molecule has 1 aliphatic heterocycles. The van der Waals surface area contributed by atoms with Crippen LogP contribution < -0.4 is 10.2 Å². The van der Waals surface area contributed by atoms with Gasteiger partial charge in [0, 0.05) is 38.1 Å². The van der Waals surface area contributed by atoms with E-state index in [1.54, 1.807) is 12.1 Å². The molecule has 0 radical (unpaired) electrons. The van der Waals surface area contributed by atoms with Crippen LogP contribution in [0.4, 0.5) is 10.1 Å². The highest BCUT2D eigenvalue weighted by Crippen LogP contribution is 2.29. The second-order valence-electron chi connectivity index (χ2n) is 5.86. The van der Waals surface area contributed by atoms with Crippen LogP contribution in [0.5, 0.6) is 0 Å². The average molecular weight is 286 g/mol. The summed E-state index contributed by atoms with van der Waals surface area (Å²) in [5.41, 5.74) is 1.78. The summed E-state index contributed by atoms with van der Waals surface area (Å²) in [6.07, 6.45) is 6.29. The fourth-order valence-corrected chi connectivity index (χ4v) is 2.96. The molecular formula is C16H19FN4. The highest BCUT2D eigenvalue weighted by molar-refractivity contribution is 5.55. The molecule has 21 heavy (non-hydrogen) atoms. The molecule has 2 aromatic rings. The Labute approximate surface area is 123 Å². The van der Waals surface area contributed by atoms with Gasteiger partial charge in [0.2, 0.25) is 0 Å². The fraction of sp³-hybridized carbons (Fsp3) is 0.438. The summed E-state index contributed by atoms with van der Waals surface area (Å²) < 4.78 is 16.5. The Bertz CT molecular complexity index is 647. The smallest absolute Gasteiger partial charge is 0.146 e. The first-order chi connectivity index (χ1) is 10.3. The first-order valence-corrected chi connectivity index (χ1v) is 7.57. The molecule has 0 amide bonds. The van der Waals surface area contributed by atoms with E-state index in [2.05, 4.69) is 19.8 Å². The predicted molar refractivity (Wildman–Crippen MR) is 79.5 cm³/mol. The number of halogens is 1. The van der Waals surface area contributed by atoms with E-state index in [0.29, 0.717) is 12.6 Å². The Morgan fingerprint density at radius 1 is 1.29 bits per heavy atom. The summed E-state index contributed by atoms with van der Waals surface area (Å²) in [7, 11) is 0. The van der Waals surface area contributed by atoms with Crippen LogP contribution in [0.15, 0.2) is 30.6 Å². The van der Waals surface area contributed by atoms with E-state index in [4.69, 9.17) is 0 Å². The molecule has 0 saturated heterocycles. The van der Waals surface area contributed by atoms with Gasteiger partial charge in [-0.05, 0) is 24.5 Å². The van der Waals surface area contributed by atoms with Crippen molar-refractivity contribution in [3.05, 3.63) is 47.8 Å². The Kier molecular flexibility index (Phi) is 3.15. The number of hydrogen-bond acceptors (Lipinski definition) is 3. The van der Waals surface area contributed by atoms with Crippen molar-refractivity contribution in [2.75, 3.05) is 11.4 Å². The van der Waals surface area contributed by atoms with Crippen LogP contribution >= 0.6 is 0 Å². The van der Waals surface area contributed by atoms with Crippen LogP contribution in [0.2, 0.25) is 0 Å². The third-order valence-corrected chi connectivity index (χ3v) is 4.29. The lowest BCUT2D eigenvalue weighted by molar-refractivity contribution is 0.539. The number of imidazole rings is 1. The average Bonchev–Trinajstić information content (AvgIpc) is 3.20. The van der Waals surface area contributed by atoms with Crippen molar-refractivity contribution in [3.8, 4) is 0 Å². The molecule has 1 aliphatic carbocycles. The van der Waals surface area contributed by atoms with E-state index in [-0.39, 0.29) is 5.82 Å². The minimum absolute atomic E-state index is 0.134. The summed E-state index contributed by atoms with van der Waals surface area (Å²) in [4.78, 5) is 6.47. The molecule has 2 heterocycles. The fourth-order valence-electron chi connectivity index (χ4n) is 2.96. The van der Waals surface area contributed by atoms with Gasteiger partial charge in [0.05, 0.1) is 12.2 Å². The van der Waals surface area contributed by atoms with Gasteiger partial charge < -0.3 is 14.8 Å². The molecule has 1 aromatic carbocycles. The maximum Gasteiger partial charge on any atom is 0.146 e. The highest BCUT2D eigenvalue weighted by Gasteiger charge is 2.24. The summed E-state index contributed by atoms with van der Waals surface area (Å²) >= 11 is 0. The van der Waals surface area contributed by atoms with Gasteiger partial charge in [-0.25, -0.2) is 9.37 Å². The largest absolute Gasteiger partial charge is 0.360 e. The van der Waals surface area contributed by atoms with Crippen molar-refractivity contribution >= 4 is 5.69 Å². The maximum atomic E-state index is 14.4. The lowest BCUT2D eigenvalue weighted by Gasteiger charge is -2.31. The van der Waals surface area contributed by atoms with Gasteiger partial charge in [-0.1, -0.05) is 12.1 Å². The summed E-state index contributed by atoms with van der Waals surface area (Å²) in [6, 6.07) is 6.00. The Hall–Kier alpha value is -1.88. The van der Waals surface area contributed by atoms with Crippen molar-refractivity contribution in [1.82, 2.24) is 14.9 Å². The van der Waals surface area contributed by atoms with E-state index >= 15 is 0 Å². The first-order valence-electron chi connectivity index (χ1n) is 7.57. The van der Waals surface area contributed by atoms with Gasteiger partial charge in [0.15, 0.2) is 0 Å². The van der Waals surface area contributed by atoms with Crippen LogP contribution in [0.1, 0.15) is 24.2 Å². The van der Waals surface area contributed by atoms with Crippen LogP contribution in [0, 0.1) is 5.82 Å². The van der Waals surface area contributed by atoms with E-state index in [1.807, 2.05) is 18.5 Å². The van der Waals surface area contributed by atoms with Gasteiger partial charge in [0.1, 0.15) is 11.6 Å². The van der Waals surface area contributed by atoms with Crippen molar-refractivity contribution < 1.29 is 4.39 Å². The minimum Gasteiger partial charge on any atom is -0.360 e. The minimum atomic E-state index is -0.134. The maximum absolute atomic E-state index is 14.4. The van der Waals surface area contributed by atoms with Crippen molar-refractivity contribution in [2.45, 2.75) is 38.5 Å². The summed E-state index contributed by atoms with van der Waals surface area (Å²) in [5, 5.41) is 3.48. The number of fused-ring (bicyclic) bond motifs is 1. The molecule has 110 valence electrons. The van der Waals surface area contributed by atoms with Crippen LogP contribution in [-0.2, 0) is 19.6 Å². The number of anilines is 1. The molecular weight excluding hydrogens is 267 g/mol. The third kappa shape index (κ3) is 2.53. The molecule has 0 spiro atoms. The molecule has 4 rings (SSSR count). The molecule has 0 bridgehead atoms. The number of rotatable bonds is 4. The predicted octanol–water partition coefficient (Wildman–Crippen LogP) is 2.29. The molecule has 0 unspecified atom stereocenters. The van der Waals surface area contributed by atoms with Gasteiger partial charge in [-0.15, -0.1) is 0 Å². The van der Waals surface area contributed by atoms with E-state index in [9.17, 15) is 4.39 Å². The number of nitrogens with one attached hydrogen (secondary N) is 1. The molecule has 2 aliphatic rings. The molecule has 5 heteroatoms. The zero-order chi connectivity index (χ0) is 14.2. The third-order valence-electron chi connectivity index (χ3n) is 4.29. The van der Waals surface area contributed by atoms with Gasteiger partial charge in [0.25, 0.3) is 0 Å². The zero-order valence-electron chi connectivity index (χ0n) is 11.9. The lowest BCUT2D eigenvalue weighted by Crippen LogP contribution is -2.35. The highest BCUT2D eigenvalue weighted by atomic mass is 19.1. The summed E-state index contributed by atoms with van der Waals surface area (Å²) in [6.45, 7) is 3.09. The molecule has 1 fully saturated rings. The molecule has 1 saturated carbocycles. The van der Waals surface area contributed by atoms with Crippen molar-refractivity contribution in [2.24, 2.45) is 0 Å². The second kappa shape index (κ2) is 5.15. The molecule has 1 aromatic heterocycles. The Morgan fingerprint density at radius 2 is 2.19 bits per heavy atom. The standard InChI is InChI=1S/C16H19FN4/c17-14-3-1-2-12(10-19-13-4-5-13)16(14)21-9-8-20-7-6-18-15(20)11-21/h1-3,6-7,13,19H,4-5,8-11H2. The number of para-hydroxylation sites is 1. The van der Waals surface area contributed by atoms with Gasteiger partial charge in [-0.2, -0.15) is 0 Å². The van der Waals surface area contributed by atoms with Gasteiger partial charge in [-0.3, -0.25) is 0 Å². The second-order valence-corrected chi connectivity index (χ2v) is 5.86. The van der Waals surface area contributed by atoms with E-state index in [1.165, 1.54) is 12.8 Å². The van der Waals surface area contributed by atoms with Crippen LogP contribution in [0.25, 0.3) is 0 Å². The Morgan fingerprint density at radius 3 is 3.05 bits per heavy atom. The molecule has 1 N–H and O–H groups in total.